The summed E-state index contributed by atoms with van der Waals surface area (Å²) in [6, 6.07) is 14.1. The fourth-order valence-corrected chi connectivity index (χ4v) is 6.41. The molecule has 0 radical (unpaired) electrons. The van der Waals surface area contributed by atoms with Crippen molar-refractivity contribution in [2.75, 3.05) is 14.2 Å². The van der Waals surface area contributed by atoms with Crippen LogP contribution in [-0.2, 0) is 20.8 Å². The Balaban J connectivity index is 1.76. The number of nitrogens with zero attached hydrogens (tertiary/aromatic N) is 1. The van der Waals surface area contributed by atoms with E-state index >= 15 is 0 Å². The summed E-state index contributed by atoms with van der Waals surface area (Å²) in [6.45, 7) is 8.25. The van der Waals surface area contributed by atoms with Crippen molar-refractivity contribution in [1.82, 2.24) is 4.57 Å². The van der Waals surface area contributed by atoms with E-state index in [0.29, 0.717) is 18.0 Å². The van der Waals surface area contributed by atoms with Crippen LogP contribution in [0.25, 0.3) is 22.2 Å². The molecule has 1 heterocycles. The number of carbonyl (C=O) groups is 2. The van der Waals surface area contributed by atoms with Crippen LogP contribution in [0.2, 0.25) is 0 Å². The molecule has 2 unspecified atom stereocenters. The molecule has 1 aromatic heterocycles. The van der Waals surface area contributed by atoms with Gasteiger partial charge in [0.1, 0.15) is 11.4 Å². The zero-order valence-electron chi connectivity index (χ0n) is 24.1. The van der Waals surface area contributed by atoms with Gasteiger partial charge in [-0.05, 0) is 99.4 Å². The Morgan fingerprint density at radius 2 is 1.67 bits per heavy atom. The molecule has 0 aliphatic heterocycles. The van der Waals surface area contributed by atoms with Crippen LogP contribution in [0.3, 0.4) is 0 Å². The van der Waals surface area contributed by atoms with Gasteiger partial charge in [-0.3, -0.25) is 4.79 Å². The van der Waals surface area contributed by atoms with Crippen LogP contribution in [0.1, 0.15) is 88.1 Å². The Morgan fingerprint density at radius 3 is 2.23 bits per heavy atom. The summed E-state index contributed by atoms with van der Waals surface area (Å²) in [6.07, 6.45) is 6.73. The lowest BCUT2D eigenvalue weighted by molar-refractivity contribution is -0.148. The third-order valence-corrected chi connectivity index (χ3v) is 8.60. The molecule has 2 saturated carbocycles. The summed E-state index contributed by atoms with van der Waals surface area (Å²) in [5.41, 5.74) is 3.85. The van der Waals surface area contributed by atoms with Gasteiger partial charge in [-0.1, -0.05) is 32.3 Å². The van der Waals surface area contributed by atoms with Crippen LogP contribution in [0.15, 0.2) is 42.5 Å². The van der Waals surface area contributed by atoms with Gasteiger partial charge in [-0.25, -0.2) is 4.79 Å². The van der Waals surface area contributed by atoms with Gasteiger partial charge in [-0.2, -0.15) is 0 Å². The number of hydrogen-bond acceptors (Lipinski definition) is 5. The number of hydrogen-bond donors (Lipinski definition) is 0. The minimum atomic E-state index is -0.589. The first kappa shape index (κ1) is 27.3. The van der Waals surface area contributed by atoms with Gasteiger partial charge in [0.25, 0.3) is 0 Å². The first-order chi connectivity index (χ1) is 18.6. The third kappa shape index (κ3) is 5.18. The van der Waals surface area contributed by atoms with E-state index in [-0.39, 0.29) is 17.9 Å². The second-order valence-electron chi connectivity index (χ2n) is 12.4. The Labute approximate surface area is 231 Å². The number of benzene rings is 2. The minimum absolute atomic E-state index is 0.167. The van der Waals surface area contributed by atoms with Gasteiger partial charge in [0.05, 0.1) is 30.9 Å². The number of esters is 2. The van der Waals surface area contributed by atoms with Crippen LogP contribution in [0.4, 0.5) is 0 Å². The molecule has 6 nitrogen and oxygen atoms in total. The molecule has 2 fully saturated rings. The van der Waals surface area contributed by atoms with Crippen LogP contribution in [0.5, 0.6) is 5.75 Å². The zero-order valence-corrected chi connectivity index (χ0v) is 24.1. The highest BCUT2D eigenvalue weighted by molar-refractivity contribution is 5.99. The standard InChI is InChI=1S/C33H41NO5/c1-21-19-33(21,31(36)38-6)20-34-27-18-24(30(35)39-32(2,3)4)14-17-26(27)28(22-10-8-7-9-11-22)29(34)23-12-15-25(37-5)16-13-23/h12-18,21-22H,7-11,19-20H2,1-6H3. The summed E-state index contributed by atoms with van der Waals surface area (Å²) < 4.78 is 18.8. The summed E-state index contributed by atoms with van der Waals surface area (Å²) in [4.78, 5) is 26.2. The van der Waals surface area contributed by atoms with Gasteiger partial charge >= 0.3 is 11.9 Å². The predicted octanol–water partition coefficient (Wildman–Crippen LogP) is 7.52. The molecule has 6 heteroatoms. The largest absolute Gasteiger partial charge is 0.497 e. The minimum Gasteiger partial charge on any atom is -0.497 e. The van der Waals surface area contributed by atoms with Crippen LogP contribution < -0.4 is 4.74 Å². The second-order valence-corrected chi connectivity index (χ2v) is 12.4. The molecule has 0 N–H and O–H groups in total. The quantitative estimate of drug-likeness (QED) is 0.295. The monoisotopic (exact) mass is 531 g/mol. The van der Waals surface area contributed by atoms with E-state index in [1.54, 1.807) is 7.11 Å². The highest BCUT2D eigenvalue weighted by Crippen LogP contribution is 2.56. The van der Waals surface area contributed by atoms with Crippen LogP contribution >= 0.6 is 0 Å². The molecule has 5 rings (SSSR count). The van der Waals surface area contributed by atoms with Crippen molar-refractivity contribution in [2.24, 2.45) is 11.3 Å². The fourth-order valence-electron chi connectivity index (χ4n) is 6.41. The first-order valence-corrected chi connectivity index (χ1v) is 14.2. The maximum Gasteiger partial charge on any atom is 0.338 e. The molecule has 0 saturated heterocycles. The smallest absolute Gasteiger partial charge is 0.338 e. The summed E-state index contributed by atoms with van der Waals surface area (Å²) >= 11 is 0. The van der Waals surface area contributed by atoms with E-state index in [9.17, 15) is 9.59 Å². The molecule has 3 aromatic rings. The van der Waals surface area contributed by atoms with Crippen molar-refractivity contribution in [2.45, 2.75) is 84.3 Å². The van der Waals surface area contributed by atoms with Crippen molar-refractivity contribution in [3.05, 3.63) is 53.6 Å². The summed E-state index contributed by atoms with van der Waals surface area (Å²) in [5.74, 6) is 0.926. The van der Waals surface area contributed by atoms with E-state index in [4.69, 9.17) is 14.2 Å². The highest BCUT2D eigenvalue weighted by Gasteiger charge is 2.59. The molecule has 0 spiro atoms. The average molecular weight is 532 g/mol. The Kier molecular flexibility index (Phi) is 7.25. The van der Waals surface area contributed by atoms with Crippen molar-refractivity contribution in [3.8, 4) is 17.0 Å². The zero-order chi connectivity index (χ0) is 27.9. The number of rotatable bonds is 7. The number of methoxy groups -OCH3 is 2. The predicted molar refractivity (Wildman–Crippen MR) is 153 cm³/mol. The van der Waals surface area contributed by atoms with Crippen molar-refractivity contribution in [1.29, 1.82) is 0 Å². The topological polar surface area (TPSA) is 66.8 Å². The second kappa shape index (κ2) is 10.4. The maximum atomic E-state index is 13.1. The van der Waals surface area contributed by atoms with E-state index in [0.717, 1.165) is 47.2 Å². The molecular formula is C33H41NO5. The molecular weight excluding hydrogens is 490 g/mol. The Morgan fingerprint density at radius 1 is 1.00 bits per heavy atom. The molecule has 208 valence electrons. The van der Waals surface area contributed by atoms with Gasteiger partial charge in [0, 0.05) is 17.4 Å². The van der Waals surface area contributed by atoms with Crippen LogP contribution in [-0.4, -0.2) is 36.3 Å². The van der Waals surface area contributed by atoms with E-state index in [1.807, 2.05) is 45.0 Å². The lowest BCUT2D eigenvalue weighted by atomic mass is 9.81. The molecule has 2 aromatic carbocycles. The molecule has 0 bridgehead atoms. The Bertz CT molecular complexity index is 1370. The maximum absolute atomic E-state index is 13.1. The molecule has 2 aliphatic rings. The van der Waals surface area contributed by atoms with Crippen molar-refractivity contribution >= 4 is 22.8 Å². The summed E-state index contributed by atoms with van der Waals surface area (Å²) in [7, 11) is 3.15. The third-order valence-electron chi connectivity index (χ3n) is 8.60. The lowest BCUT2D eigenvalue weighted by Gasteiger charge is -2.24. The Hall–Kier alpha value is -3.28. The SMILES string of the molecule is COC(=O)C1(Cn2c(-c3ccc(OC)cc3)c(C3CCCCC3)c3ccc(C(=O)OC(C)(C)C)cc32)CC1C. The van der Waals surface area contributed by atoms with Gasteiger partial charge in [0.2, 0.25) is 0 Å². The number of aromatic nitrogens is 1. The molecule has 2 atom stereocenters. The molecule has 39 heavy (non-hydrogen) atoms. The van der Waals surface area contributed by atoms with Gasteiger partial charge in [-0.15, -0.1) is 0 Å². The lowest BCUT2D eigenvalue weighted by Crippen LogP contribution is -2.26. The van der Waals surface area contributed by atoms with E-state index in [2.05, 4.69) is 29.7 Å². The first-order valence-electron chi connectivity index (χ1n) is 14.2. The molecule has 2 aliphatic carbocycles. The van der Waals surface area contributed by atoms with E-state index < -0.39 is 11.0 Å². The van der Waals surface area contributed by atoms with Crippen molar-refractivity contribution < 1.29 is 23.8 Å². The van der Waals surface area contributed by atoms with Gasteiger partial charge in [0.15, 0.2) is 0 Å². The van der Waals surface area contributed by atoms with Crippen molar-refractivity contribution in [3.63, 3.8) is 0 Å². The number of ether oxygens (including phenoxy) is 3. The van der Waals surface area contributed by atoms with Gasteiger partial charge < -0.3 is 18.8 Å². The normalized spacial score (nSPS) is 21.5. The number of fused-ring (bicyclic) bond motifs is 1. The average Bonchev–Trinajstić information content (AvgIpc) is 3.47. The van der Waals surface area contributed by atoms with Crippen LogP contribution in [0, 0.1) is 11.3 Å². The fraction of sp³-hybridized carbons (Fsp3) is 0.515. The summed E-state index contributed by atoms with van der Waals surface area (Å²) in [5, 5.41) is 1.15. The van der Waals surface area contributed by atoms with E-state index in [1.165, 1.54) is 31.9 Å². The highest BCUT2D eigenvalue weighted by atomic mass is 16.6. The molecule has 0 amide bonds. The number of carbonyl (C=O) groups excluding carboxylic acids is 2.